The molecule has 1 heterocycles. The molecule has 31 heavy (non-hydrogen) atoms. The summed E-state index contributed by atoms with van der Waals surface area (Å²) in [4.78, 5) is 24.1. The molecule has 0 fully saturated rings. The molecule has 0 saturated carbocycles. The number of aromatic nitrogens is 1. The molecule has 10 heteroatoms. The first-order chi connectivity index (χ1) is 14.8. The first-order valence-electron chi connectivity index (χ1n) is 8.99. The molecule has 0 radical (unpaired) electrons. The monoisotopic (exact) mass is 500 g/mol. The molecule has 6 nitrogen and oxygen atoms in total. The van der Waals surface area contributed by atoms with Crippen molar-refractivity contribution in [3.05, 3.63) is 58.6 Å². The van der Waals surface area contributed by atoms with Crippen LogP contribution in [0.4, 0.5) is 5.69 Å². The topological polar surface area (TPSA) is 72.6 Å². The van der Waals surface area contributed by atoms with Gasteiger partial charge in [-0.2, -0.15) is 0 Å². The summed E-state index contributed by atoms with van der Waals surface area (Å²) in [6.45, 7) is 0.0434. The SMILES string of the molecule is COC(=O)CCN(C(=O)C(Cl)Cl)c1cccc(-c2cc(-c3c(Cl)cccc3Cl)no2)c1. The molecule has 3 aromatic rings. The van der Waals surface area contributed by atoms with Crippen LogP contribution >= 0.6 is 46.4 Å². The lowest BCUT2D eigenvalue weighted by atomic mass is 10.1. The summed E-state index contributed by atoms with van der Waals surface area (Å²) < 4.78 is 10.1. The lowest BCUT2D eigenvalue weighted by Gasteiger charge is -2.23. The van der Waals surface area contributed by atoms with Crippen LogP contribution < -0.4 is 4.90 Å². The average Bonchev–Trinajstić information content (AvgIpc) is 3.23. The van der Waals surface area contributed by atoms with E-state index in [0.29, 0.717) is 38.3 Å². The Bertz CT molecular complexity index is 1080. The molecule has 0 unspecified atom stereocenters. The van der Waals surface area contributed by atoms with Crippen molar-refractivity contribution in [3.63, 3.8) is 0 Å². The first kappa shape index (κ1) is 23.4. The predicted molar refractivity (Wildman–Crippen MR) is 122 cm³/mol. The molecule has 162 valence electrons. The number of nitrogens with zero attached hydrogens (tertiary/aromatic N) is 2. The van der Waals surface area contributed by atoms with Crippen LogP contribution in [0, 0.1) is 0 Å². The Balaban J connectivity index is 1.94. The van der Waals surface area contributed by atoms with Gasteiger partial charge in [0.1, 0.15) is 5.69 Å². The van der Waals surface area contributed by atoms with Gasteiger partial charge in [0.05, 0.1) is 23.6 Å². The maximum atomic E-state index is 12.5. The van der Waals surface area contributed by atoms with Crippen LogP contribution in [0.25, 0.3) is 22.6 Å². The fourth-order valence-electron chi connectivity index (χ4n) is 2.89. The minimum Gasteiger partial charge on any atom is -0.469 e. The normalized spacial score (nSPS) is 10.9. The second-order valence-electron chi connectivity index (χ2n) is 6.34. The smallest absolute Gasteiger partial charge is 0.307 e. The minimum atomic E-state index is -1.29. The average molecular weight is 502 g/mol. The molecule has 3 rings (SSSR count). The Hall–Kier alpha value is -2.25. The van der Waals surface area contributed by atoms with Gasteiger partial charge in [-0.1, -0.05) is 69.8 Å². The predicted octanol–water partition coefficient (Wildman–Crippen LogP) is 6.02. The number of hydrogen-bond donors (Lipinski definition) is 0. The number of ether oxygens (including phenoxy) is 1. The van der Waals surface area contributed by atoms with Gasteiger partial charge < -0.3 is 14.2 Å². The molecule has 2 aromatic carbocycles. The highest BCUT2D eigenvalue weighted by molar-refractivity contribution is 6.54. The third-order valence-corrected chi connectivity index (χ3v) is 5.39. The van der Waals surface area contributed by atoms with Crippen LogP contribution in [0.1, 0.15) is 6.42 Å². The number of benzene rings is 2. The summed E-state index contributed by atoms with van der Waals surface area (Å²) in [7, 11) is 1.27. The second-order valence-corrected chi connectivity index (χ2v) is 8.25. The Morgan fingerprint density at radius 3 is 2.42 bits per heavy atom. The first-order valence-corrected chi connectivity index (χ1v) is 10.6. The third-order valence-electron chi connectivity index (χ3n) is 4.39. The van der Waals surface area contributed by atoms with Crippen LogP contribution in [0.5, 0.6) is 0 Å². The second kappa shape index (κ2) is 10.4. The quantitative estimate of drug-likeness (QED) is 0.292. The van der Waals surface area contributed by atoms with E-state index >= 15 is 0 Å². The Labute approximate surface area is 198 Å². The van der Waals surface area contributed by atoms with Gasteiger partial charge in [0.25, 0.3) is 5.91 Å². The molecular weight excluding hydrogens is 486 g/mol. The van der Waals surface area contributed by atoms with Gasteiger partial charge in [-0.25, -0.2) is 0 Å². The highest BCUT2D eigenvalue weighted by atomic mass is 35.5. The van der Waals surface area contributed by atoms with Crippen LogP contribution in [0.3, 0.4) is 0 Å². The van der Waals surface area contributed by atoms with Crippen molar-refractivity contribution in [1.82, 2.24) is 5.16 Å². The largest absolute Gasteiger partial charge is 0.469 e. The van der Waals surface area contributed by atoms with Gasteiger partial charge in [-0.3, -0.25) is 9.59 Å². The number of carbonyl (C=O) groups is 2. The Morgan fingerprint density at radius 2 is 1.77 bits per heavy atom. The van der Waals surface area contributed by atoms with Gasteiger partial charge in [0.15, 0.2) is 10.6 Å². The van der Waals surface area contributed by atoms with Gasteiger partial charge in [-0.15, -0.1) is 0 Å². The summed E-state index contributed by atoms with van der Waals surface area (Å²) in [5.74, 6) is -0.599. The zero-order chi connectivity index (χ0) is 22.5. The number of alkyl halides is 2. The number of amides is 1. The molecule has 0 aliphatic heterocycles. The van der Waals surface area contributed by atoms with Crippen LogP contribution in [-0.4, -0.2) is 35.5 Å². The van der Waals surface area contributed by atoms with Crippen LogP contribution in [0.2, 0.25) is 10.0 Å². The maximum Gasteiger partial charge on any atom is 0.307 e. The summed E-state index contributed by atoms with van der Waals surface area (Å²) in [5.41, 5.74) is 2.14. The summed E-state index contributed by atoms with van der Waals surface area (Å²) in [6.07, 6.45) is -0.0234. The van der Waals surface area contributed by atoms with Gasteiger partial charge in [0.2, 0.25) is 0 Å². The fourth-order valence-corrected chi connectivity index (χ4v) is 3.71. The van der Waals surface area contributed by atoms with Gasteiger partial charge in [0, 0.05) is 29.4 Å². The molecule has 0 saturated heterocycles. The molecular formula is C21H16Cl4N2O4. The Kier molecular flexibility index (Phi) is 7.84. The van der Waals surface area contributed by atoms with E-state index < -0.39 is 16.7 Å². The van der Waals surface area contributed by atoms with Crippen molar-refractivity contribution in [2.75, 3.05) is 18.6 Å². The number of rotatable bonds is 7. The van der Waals surface area contributed by atoms with E-state index in [1.165, 1.54) is 12.0 Å². The van der Waals surface area contributed by atoms with Crippen molar-refractivity contribution in [3.8, 4) is 22.6 Å². The molecule has 0 spiro atoms. The van der Waals surface area contributed by atoms with Crippen molar-refractivity contribution < 1.29 is 18.8 Å². The summed E-state index contributed by atoms with van der Waals surface area (Å²) in [5, 5.41) is 4.95. The number of hydrogen-bond acceptors (Lipinski definition) is 5. The molecule has 0 bridgehead atoms. The van der Waals surface area contributed by atoms with E-state index in [1.54, 1.807) is 48.5 Å². The lowest BCUT2D eigenvalue weighted by molar-refractivity contribution is -0.140. The molecule has 1 amide bonds. The molecule has 0 N–H and O–H groups in total. The van der Waals surface area contributed by atoms with Crippen LogP contribution in [-0.2, 0) is 14.3 Å². The molecule has 0 aliphatic carbocycles. The molecule has 0 aliphatic rings. The van der Waals surface area contributed by atoms with Crippen LogP contribution in [0.15, 0.2) is 53.1 Å². The van der Waals surface area contributed by atoms with E-state index in [0.717, 1.165) is 0 Å². The van der Waals surface area contributed by atoms with E-state index in [4.69, 9.17) is 50.9 Å². The van der Waals surface area contributed by atoms with Crippen molar-refractivity contribution in [2.45, 2.75) is 11.3 Å². The highest BCUT2D eigenvalue weighted by Crippen LogP contribution is 2.36. The zero-order valence-corrected chi connectivity index (χ0v) is 19.2. The van der Waals surface area contributed by atoms with Gasteiger partial charge >= 0.3 is 5.97 Å². The number of anilines is 1. The van der Waals surface area contributed by atoms with Crippen molar-refractivity contribution in [2.24, 2.45) is 0 Å². The van der Waals surface area contributed by atoms with Gasteiger partial charge in [-0.05, 0) is 24.3 Å². The van der Waals surface area contributed by atoms with E-state index in [-0.39, 0.29) is 13.0 Å². The third kappa shape index (κ3) is 5.52. The molecule has 0 atom stereocenters. The fraction of sp³-hybridized carbons (Fsp3) is 0.190. The van der Waals surface area contributed by atoms with E-state index in [2.05, 4.69) is 9.89 Å². The van der Waals surface area contributed by atoms with E-state index in [9.17, 15) is 9.59 Å². The number of halogens is 4. The number of methoxy groups -OCH3 is 1. The highest BCUT2D eigenvalue weighted by Gasteiger charge is 2.23. The van der Waals surface area contributed by atoms with Crippen molar-refractivity contribution in [1.29, 1.82) is 0 Å². The molecule has 1 aromatic heterocycles. The Morgan fingerprint density at radius 1 is 1.10 bits per heavy atom. The zero-order valence-electron chi connectivity index (χ0n) is 16.1. The standard InChI is InChI=1S/C21H16Cl4N2O4/c1-30-18(28)8-9-27(21(29)20(24)25)13-5-2-4-12(10-13)17-11-16(26-31-17)19-14(22)6-3-7-15(19)23/h2-7,10-11,20H,8-9H2,1H3. The maximum absolute atomic E-state index is 12.5. The number of esters is 1. The van der Waals surface area contributed by atoms with Crippen molar-refractivity contribution >= 4 is 64.0 Å². The lowest BCUT2D eigenvalue weighted by Crippen LogP contribution is -2.36. The summed E-state index contributed by atoms with van der Waals surface area (Å²) in [6, 6.07) is 13.7. The van der Waals surface area contributed by atoms with E-state index in [1.807, 2.05) is 0 Å². The minimum absolute atomic E-state index is 0.0234. The number of carbonyl (C=O) groups excluding carboxylic acids is 2. The summed E-state index contributed by atoms with van der Waals surface area (Å²) >= 11 is 24.1.